The summed E-state index contributed by atoms with van der Waals surface area (Å²) in [6, 6.07) is 13.2. The number of rotatable bonds is 5. The van der Waals surface area contributed by atoms with E-state index in [-0.39, 0.29) is 11.9 Å². The molecule has 138 valence electrons. The van der Waals surface area contributed by atoms with E-state index in [2.05, 4.69) is 75.6 Å². The minimum absolute atomic E-state index is 0.0329. The van der Waals surface area contributed by atoms with Crippen molar-refractivity contribution in [2.45, 2.75) is 37.8 Å². The summed E-state index contributed by atoms with van der Waals surface area (Å²) in [6.45, 7) is 0. The van der Waals surface area contributed by atoms with Crippen molar-refractivity contribution in [3.05, 3.63) is 64.4 Å². The molecule has 1 amide bonds. The van der Waals surface area contributed by atoms with Crippen molar-refractivity contribution < 1.29 is 4.79 Å². The van der Waals surface area contributed by atoms with Crippen molar-refractivity contribution in [3.8, 4) is 0 Å². The summed E-state index contributed by atoms with van der Waals surface area (Å²) in [7, 11) is 4.32. The Morgan fingerprint density at radius 2 is 1.85 bits per heavy atom. The summed E-state index contributed by atoms with van der Waals surface area (Å²) in [6.07, 6.45) is 7.60. The van der Waals surface area contributed by atoms with Gasteiger partial charge in [-0.05, 0) is 73.3 Å². The molecule has 1 aliphatic carbocycles. The molecule has 3 rings (SSSR count). The van der Waals surface area contributed by atoms with Crippen LogP contribution in [0.5, 0.6) is 0 Å². The predicted octanol–water partition coefficient (Wildman–Crippen LogP) is 4.44. The third kappa shape index (κ3) is 4.71. The van der Waals surface area contributed by atoms with Crippen LogP contribution in [0.3, 0.4) is 0 Å². The lowest BCUT2D eigenvalue weighted by atomic mass is 9.78. The van der Waals surface area contributed by atoms with Crippen LogP contribution in [0.2, 0.25) is 0 Å². The van der Waals surface area contributed by atoms with E-state index in [0.717, 1.165) is 30.2 Å². The molecule has 1 atom stereocenters. The molecule has 5 heteroatoms. The predicted molar refractivity (Wildman–Crippen MR) is 108 cm³/mol. The van der Waals surface area contributed by atoms with E-state index in [1.54, 1.807) is 12.4 Å². The topological polar surface area (TPSA) is 45.2 Å². The molecule has 1 unspecified atom stereocenters. The highest BCUT2D eigenvalue weighted by atomic mass is 79.9. The van der Waals surface area contributed by atoms with Gasteiger partial charge in [0.05, 0.1) is 5.56 Å². The molecule has 1 fully saturated rings. The first-order valence-corrected chi connectivity index (χ1v) is 9.96. The number of amides is 1. The van der Waals surface area contributed by atoms with Crippen LogP contribution in [-0.4, -0.2) is 35.9 Å². The van der Waals surface area contributed by atoms with Crippen molar-refractivity contribution in [1.29, 1.82) is 0 Å². The molecule has 1 aromatic heterocycles. The molecule has 0 saturated heterocycles. The van der Waals surface area contributed by atoms with Gasteiger partial charge in [0.2, 0.25) is 0 Å². The minimum Gasteiger partial charge on any atom is -0.349 e. The first-order chi connectivity index (χ1) is 12.5. The number of halogens is 1. The third-order valence-electron chi connectivity index (χ3n) is 5.22. The molecule has 4 nitrogen and oxygen atoms in total. The molecule has 0 spiro atoms. The van der Waals surface area contributed by atoms with E-state index < -0.39 is 0 Å². The molecule has 0 bridgehead atoms. The molecule has 0 aliphatic heterocycles. The van der Waals surface area contributed by atoms with Gasteiger partial charge in [0.1, 0.15) is 0 Å². The van der Waals surface area contributed by atoms with Crippen LogP contribution in [0.1, 0.15) is 47.6 Å². The number of nitrogens with one attached hydrogen (secondary N) is 1. The van der Waals surface area contributed by atoms with E-state index in [1.807, 2.05) is 6.07 Å². The first kappa shape index (κ1) is 19.1. The van der Waals surface area contributed by atoms with Crippen LogP contribution in [0.15, 0.2) is 53.3 Å². The monoisotopic (exact) mass is 415 g/mol. The summed E-state index contributed by atoms with van der Waals surface area (Å²) in [5, 5.41) is 3.18. The fourth-order valence-corrected chi connectivity index (χ4v) is 4.39. The number of carbonyl (C=O) groups excluding carboxylic acids is 1. The Labute approximate surface area is 164 Å². The first-order valence-electron chi connectivity index (χ1n) is 9.17. The van der Waals surface area contributed by atoms with Gasteiger partial charge in [0.25, 0.3) is 5.91 Å². The number of aromatic nitrogens is 1. The fourth-order valence-electron chi connectivity index (χ4n) is 4.03. The molecule has 1 heterocycles. The zero-order valence-electron chi connectivity index (χ0n) is 15.4. The van der Waals surface area contributed by atoms with Gasteiger partial charge in [-0.25, -0.2) is 0 Å². The lowest BCUT2D eigenvalue weighted by molar-refractivity contribution is 0.0906. The van der Waals surface area contributed by atoms with Crippen molar-refractivity contribution in [2.24, 2.45) is 5.92 Å². The second kappa shape index (κ2) is 8.78. The molecule has 0 radical (unpaired) electrons. The molecule has 1 N–H and O–H groups in total. The number of carbonyl (C=O) groups is 1. The van der Waals surface area contributed by atoms with Crippen molar-refractivity contribution in [3.63, 3.8) is 0 Å². The van der Waals surface area contributed by atoms with Crippen LogP contribution in [0.25, 0.3) is 0 Å². The molecule has 1 aromatic carbocycles. The largest absolute Gasteiger partial charge is 0.349 e. The Morgan fingerprint density at radius 3 is 2.46 bits per heavy atom. The fraction of sp³-hybridized carbons (Fsp3) is 0.429. The Balaban J connectivity index is 1.59. The maximum absolute atomic E-state index is 12.4. The maximum atomic E-state index is 12.4. The van der Waals surface area contributed by atoms with Crippen LogP contribution in [-0.2, 0) is 0 Å². The van der Waals surface area contributed by atoms with Gasteiger partial charge in [-0.3, -0.25) is 9.78 Å². The Kier molecular flexibility index (Phi) is 6.43. The number of pyridine rings is 1. The number of hydrogen-bond acceptors (Lipinski definition) is 3. The number of benzene rings is 1. The normalized spacial score (nSPS) is 21.4. The standard InChI is InChI=1S/C21H26BrN3O/c1-25(2)20(15-6-4-3-5-7-15)16-8-10-19(11-9-16)24-21(26)17-12-18(22)14-23-13-17/h3-7,12-14,16,19-20H,8-11H2,1-2H3,(H,24,26). The second-order valence-corrected chi connectivity index (χ2v) is 8.21. The van der Waals surface area contributed by atoms with Gasteiger partial charge in [-0.2, -0.15) is 0 Å². The summed E-state index contributed by atoms with van der Waals surface area (Å²) in [5.41, 5.74) is 1.99. The SMILES string of the molecule is CN(C)C(c1ccccc1)C1CCC(NC(=O)c2cncc(Br)c2)CC1. The smallest absolute Gasteiger partial charge is 0.253 e. The Bertz CT molecular complexity index is 727. The molecule has 26 heavy (non-hydrogen) atoms. The van der Waals surface area contributed by atoms with Gasteiger partial charge in [0, 0.05) is 29.0 Å². The van der Waals surface area contributed by atoms with Crippen LogP contribution in [0.4, 0.5) is 0 Å². The van der Waals surface area contributed by atoms with E-state index >= 15 is 0 Å². The van der Waals surface area contributed by atoms with Crippen LogP contribution >= 0.6 is 15.9 Å². The van der Waals surface area contributed by atoms with E-state index in [1.165, 1.54) is 5.56 Å². The van der Waals surface area contributed by atoms with Gasteiger partial charge >= 0.3 is 0 Å². The zero-order valence-corrected chi connectivity index (χ0v) is 16.9. The average Bonchev–Trinajstić information content (AvgIpc) is 2.64. The highest BCUT2D eigenvalue weighted by Gasteiger charge is 2.30. The molecular weight excluding hydrogens is 390 g/mol. The van der Waals surface area contributed by atoms with E-state index in [9.17, 15) is 4.79 Å². The van der Waals surface area contributed by atoms with Crippen molar-refractivity contribution in [2.75, 3.05) is 14.1 Å². The highest BCUT2D eigenvalue weighted by Crippen LogP contribution is 2.37. The quantitative estimate of drug-likeness (QED) is 0.784. The second-order valence-electron chi connectivity index (χ2n) is 7.30. The van der Waals surface area contributed by atoms with E-state index in [0.29, 0.717) is 17.5 Å². The average molecular weight is 416 g/mol. The third-order valence-corrected chi connectivity index (χ3v) is 5.65. The molecular formula is C21H26BrN3O. The summed E-state index contributed by atoms with van der Waals surface area (Å²) in [4.78, 5) is 18.8. The summed E-state index contributed by atoms with van der Waals surface area (Å²) >= 11 is 3.37. The Hall–Kier alpha value is -1.72. The van der Waals surface area contributed by atoms with E-state index in [4.69, 9.17) is 0 Å². The molecule has 1 saturated carbocycles. The van der Waals surface area contributed by atoms with Gasteiger partial charge in [-0.15, -0.1) is 0 Å². The number of hydrogen-bond donors (Lipinski definition) is 1. The maximum Gasteiger partial charge on any atom is 0.253 e. The highest BCUT2D eigenvalue weighted by molar-refractivity contribution is 9.10. The number of nitrogens with zero attached hydrogens (tertiary/aromatic N) is 2. The summed E-state index contributed by atoms with van der Waals surface area (Å²) in [5.74, 6) is 0.586. The van der Waals surface area contributed by atoms with Gasteiger partial charge in [-0.1, -0.05) is 30.3 Å². The molecule has 2 aromatic rings. The van der Waals surface area contributed by atoms with Gasteiger partial charge in [0.15, 0.2) is 0 Å². The summed E-state index contributed by atoms with van der Waals surface area (Å²) < 4.78 is 0.825. The van der Waals surface area contributed by atoms with Crippen molar-refractivity contribution >= 4 is 21.8 Å². The molecule has 1 aliphatic rings. The Morgan fingerprint density at radius 1 is 1.15 bits per heavy atom. The minimum atomic E-state index is -0.0329. The van der Waals surface area contributed by atoms with Crippen LogP contribution < -0.4 is 5.32 Å². The van der Waals surface area contributed by atoms with Crippen LogP contribution in [0, 0.1) is 5.92 Å². The van der Waals surface area contributed by atoms with Crippen molar-refractivity contribution in [1.82, 2.24) is 15.2 Å². The zero-order chi connectivity index (χ0) is 18.5. The lowest BCUT2D eigenvalue weighted by Crippen LogP contribution is -2.40. The lowest BCUT2D eigenvalue weighted by Gasteiger charge is -2.37. The van der Waals surface area contributed by atoms with Gasteiger partial charge < -0.3 is 10.2 Å².